The minimum absolute atomic E-state index is 0.244. The van der Waals surface area contributed by atoms with Crippen molar-refractivity contribution in [3.8, 4) is 0 Å². The topological polar surface area (TPSA) is 25.8 Å². The Morgan fingerprint density at radius 3 is 2.41 bits per heavy atom. The first kappa shape index (κ1) is 20.1. The molecule has 27 heavy (non-hydrogen) atoms. The Kier molecular flexibility index (Phi) is 6.73. The maximum atomic E-state index is 6.13. The van der Waals surface area contributed by atoms with E-state index in [0.717, 1.165) is 26.0 Å². The van der Waals surface area contributed by atoms with Gasteiger partial charge in [-0.05, 0) is 38.2 Å². The van der Waals surface area contributed by atoms with Crippen LogP contribution in [0, 0.1) is 12.8 Å². The lowest BCUT2D eigenvalue weighted by Crippen LogP contribution is -2.85. The van der Waals surface area contributed by atoms with Crippen LogP contribution in [-0.4, -0.2) is 19.3 Å². The number of quaternary nitrogens is 1. The molecule has 0 amide bonds. The molecule has 1 aliphatic rings. The van der Waals surface area contributed by atoms with Gasteiger partial charge in [0.25, 0.3) is 0 Å². The number of hydrogen-bond acceptors (Lipinski definition) is 1. The van der Waals surface area contributed by atoms with Gasteiger partial charge < -0.3 is 10.1 Å². The van der Waals surface area contributed by atoms with E-state index in [1.54, 1.807) is 0 Å². The van der Waals surface area contributed by atoms with Crippen LogP contribution in [0.15, 0.2) is 54.6 Å². The molecule has 2 aromatic carbocycles. The molecule has 2 aromatic rings. The highest BCUT2D eigenvalue weighted by atomic mass is 16.5. The summed E-state index contributed by atoms with van der Waals surface area (Å²) < 4.78 is 6.13. The third-order valence-electron chi connectivity index (χ3n) is 6.38. The highest BCUT2D eigenvalue weighted by Gasteiger charge is 2.39. The predicted molar refractivity (Wildman–Crippen MR) is 113 cm³/mol. The van der Waals surface area contributed by atoms with E-state index in [0.29, 0.717) is 18.1 Å². The van der Waals surface area contributed by atoms with Crippen molar-refractivity contribution in [2.24, 2.45) is 5.92 Å². The standard InChI is InChI=1S/C25H35NO/c1-19(2)24-18-25(15-17-27-24,23-12-10-20(3)11-13-23)14-16-26-21(4)22-8-6-5-7-9-22/h5-13,19,21,24,26H,14-18H2,1-4H3/p+1/t21-,24+,25-/m0/s1. The van der Waals surface area contributed by atoms with Crippen molar-refractivity contribution in [2.75, 3.05) is 13.2 Å². The molecule has 0 radical (unpaired) electrons. The number of ether oxygens (including phenoxy) is 1. The summed E-state index contributed by atoms with van der Waals surface area (Å²) in [5.41, 5.74) is 4.50. The molecular formula is C25H36NO+. The van der Waals surface area contributed by atoms with Crippen molar-refractivity contribution in [3.63, 3.8) is 0 Å². The van der Waals surface area contributed by atoms with Gasteiger partial charge in [-0.2, -0.15) is 0 Å². The van der Waals surface area contributed by atoms with Crippen LogP contribution in [0.25, 0.3) is 0 Å². The van der Waals surface area contributed by atoms with Crippen molar-refractivity contribution in [1.82, 2.24) is 0 Å². The van der Waals surface area contributed by atoms with Gasteiger partial charge in [-0.15, -0.1) is 0 Å². The zero-order chi connectivity index (χ0) is 19.3. The summed E-state index contributed by atoms with van der Waals surface area (Å²) >= 11 is 0. The number of rotatable bonds is 7. The first-order chi connectivity index (χ1) is 13.0. The second-order valence-electron chi connectivity index (χ2n) is 8.73. The summed E-state index contributed by atoms with van der Waals surface area (Å²) in [5, 5.41) is 2.51. The van der Waals surface area contributed by atoms with E-state index in [9.17, 15) is 0 Å². The highest BCUT2D eigenvalue weighted by Crippen LogP contribution is 2.41. The Labute approximate surface area is 165 Å². The third kappa shape index (κ3) is 5.00. The lowest BCUT2D eigenvalue weighted by atomic mass is 9.68. The molecule has 2 heteroatoms. The van der Waals surface area contributed by atoms with Gasteiger partial charge in [0.05, 0.1) is 12.6 Å². The summed E-state index contributed by atoms with van der Waals surface area (Å²) in [6.07, 6.45) is 3.85. The fraction of sp³-hybridized carbons (Fsp3) is 0.520. The van der Waals surface area contributed by atoms with E-state index < -0.39 is 0 Å². The molecule has 1 aliphatic heterocycles. The Morgan fingerprint density at radius 1 is 1.04 bits per heavy atom. The SMILES string of the molecule is Cc1ccc([C@@]2(CC[NH2+][C@@H](C)c3ccccc3)CCO[C@@H](C(C)C)C2)cc1. The largest absolute Gasteiger partial charge is 0.378 e. The van der Waals surface area contributed by atoms with Crippen LogP contribution in [0.5, 0.6) is 0 Å². The minimum Gasteiger partial charge on any atom is -0.378 e. The molecule has 1 heterocycles. The highest BCUT2D eigenvalue weighted by molar-refractivity contribution is 5.29. The molecular weight excluding hydrogens is 330 g/mol. The summed E-state index contributed by atoms with van der Waals surface area (Å²) in [5.74, 6) is 0.572. The van der Waals surface area contributed by atoms with Crippen LogP contribution in [0.1, 0.15) is 62.8 Å². The molecule has 3 rings (SSSR count). The summed E-state index contributed by atoms with van der Waals surface area (Å²) in [6, 6.07) is 20.6. The summed E-state index contributed by atoms with van der Waals surface area (Å²) in [7, 11) is 0. The monoisotopic (exact) mass is 366 g/mol. The zero-order valence-corrected chi connectivity index (χ0v) is 17.4. The van der Waals surface area contributed by atoms with Crippen LogP contribution in [0.2, 0.25) is 0 Å². The lowest BCUT2D eigenvalue weighted by molar-refractivity contribution is -0.693. The molecule has 1 saturated heterocycles. The Balaban J connectivity index is 1.73. The first-order valence-electron chi connectivity index (χ1n) is 10.6. The van der Waals surface area contributed by atoms with E-state index >= 15 is 0 Å². The van der Waals surface area contributed by atoms with Gasteiger partial charge in [-0.3, -0.25) is 0 Å². The van der Waals surface area contributed by atoms with Crippen molar-refractivity contribution in [2.45, 2.75) is 64.5 Å². The second-order valence-corrected chi connectivity index (χ2v) is 8.73. The number of aryl methyl sites for hydroxylation is 1. The maximum Gasteiger partial charge on any atom is 0.109 e. The summed E-state index contributed by atoms with van der Waals surface area (Å²) in [4.78, 5) is 0. The van der Waals surface area contributed by atoms with Gasteiger partial charge in [-0.1, -0.05) is 74.0 Å². The molecule has 0 aromatic heterocycles. The van der Waals surface area contributed by atoms with Crippen LogP contribution >= 0.6 is 0 Å². The van der Waals surface area contributed by atoms with E-state index in [-0.39, 0.29) is 5.41 Å². The molecule has 0 spiro atoms. The molecule has 0 aliphatic carbocycles. The maximum absolute atomic E-state index is 6.13. The number of hydrogen-bond donors (Lipinski definition) is 1. The van der Waals surface area contributed by atoms with Gasteiger partial charge in [0.1, 0.15) is 6.04 Å². The van der Waals surface area contributed by atoms with Crippen molar-refractivity contribution in [3.05, 3.63) is 71.3 Å². The van der Waals surface area contributed by atoms with Gasteiger partial charge in [0.15, 0.2) is 0 Å². The molecule has 0 bridgehead atoms. The molecule has 0 saturated carbocycles. The van der Waals surface area contributed by atoms with Crippen LogP contribution in [-0.2, 0) is 10.2 Å². The Morgan fingerprint density at radius 2 is 1.74 bits per heavy atom. The molecule has 2 nitrogen and oxygen atoms in total. The van der Waals surface area contributed by atoms with Crippen LogP contribution in [0.3, 0.4) is 0 Å². The van der Waals surface area contributed by atoms with Gasteiger partial charge in [0.2, 0.25) is 0 Å². The van der Waals surface area contributed by atoms with Crippen LogP contribution < -0.4 is 5.32 Å². The van der Waals surface area contributed by atoms with Gasteiger partial charge >= 0.3 is 0 Å². The normalized spacial score (nSPS) is 24.1. The first-order valence-corrected chi connectivity index (χ1v) is 10.6. The van der Waals surface area contributed by atoms with Gasteiger partial charge in [-0.25, -0.2) is 0 Å². The van der Waals surface area contributed by atoms with E-state index in [1.165, 1.54) is 23.1 Å². The van der Waals surface area contributed by atoms with E-state index in [1.807, 2.05) is 0 Å². The van der Waals surface area contributed by atoms with Crippen molar-refractivity contribution >= 4 is 0 Å². The average Bonchev–Trinajstić information content (AvgIpc) is 2.69. The van der Waals surface area contributed by atoms with Crippen LogP contribution in [0.4, 0.5) is 0 Å². The average molecular weight is 367 g/mol. The van der Waals surface area contributed by atoms with E-state index in [4.69, 9.17) is 4.74 Å². The fourth-order valence-electron chi connectivity index (χ4n) is 4.42. The molecule has 2 N–H and O–H groups in total. The molecule has 1 fully saturated rings. The second kappa shape index (κ2) is 9.03. The van der Waals surface area contributed by atoms with Crippen molar-refractivity contribution in [1.29, 1.82) is 0 Å². The van der Waals surface area contributed by atoms with Crippen molar-refractivity contribution < 1.29 is 10.1 Å². The Hall–Kier alpha value is -1.64. The third-order valence-corrected chi connectivity index (χ3v) is 6.38. The minimum atomic E-state index is 0.244. The zero-order valence-electron chi connectivity index (χ0n) is 17.4. The number of benzene rings is 2. The molecule has 3 atom stereocenters. The smallest absolute Gasteiger partial charge is 0.109 e. The number of nitrogens with two attached hydrogens (primary N) is 1. The predicted octanol–water partition coefficient (Wildman–Crippen LogP) is 4.78. The molecule has 146 valence electrons. The molecule has 0 unspecified atom stereocenters. The van der Waals surface area contributed by atoms with Gasteiger partial charge in [0, 0.05) is 24.0 Å². The van der Waals surface area contributed by atoms with E-state index in [2.05, 4.69) is 87.6 Å². The lowest BCUT2D eigenvalue weighted by Gasteiger charge is -2.42. The fourth-order valence-corrected chi connectivity index (χ4v) is 4.42. The summed E-state index contributed by atoms with van der Waals surface area (Å²) in [6.45, 7) is 11.1. The quantitative estimate of drug-likeness (QED) is 0.749. The Bertz CT molecular complexity index is 694.